The number of primary amides is 1. The van der Waals surface area contributed by atoms with Crippen LogP contribution < -0.4 is 5.73 Å². The van der Waals surface area contributed by atoms with Gasteiger partial charge in [-0.05, 0) is 12.8 Å². The summed E-state index contributed by atoms with van der Waals surface area (Å²) < 4.78 is 2.00. The Labute approximate surface area is 74.4 Å². The zero-order valence-electron chi connectivity index (χ0n) is 5.72. The summed E-state index contributed by atoms with van der Waals surface area (Å²) >= 11 is 2.17. The van der Waals surface area contributed by atoms with Crippen LogP contribution in [0.4, 0.5) is 0 Å². The summed E-state index contributed by atoms with van der Waals surface area (Å²) in [7, 11) is 0. The molecule has 0 unspecified atom stereocenters. The van der Waals surface area contributed by atoms with Crippen LogP contribution in [-0.2, 0) is 4.79 Å². The van der Waals surface area contributed by atoms with E-state index in [1.54, 1.807) is 0 Å². The van der Waals surface area contributed by atoms with Crippen LogP contribution in [0.1, 0.15) is 19.3 Å². The van der Waals surface area contributed by atoms with E-state index in [4.69, 9.17) is 5.73 Å². The van der Waals surface area contributed by atoms with Gasteiger partial charge in [0.2, 0.25) is 5.91 Å². The molecule has 0 aromatic heterocycles. The summed E-state index contributed by atoms with van der Waals surface area (Å²) in [4.78, 5) is 10.7. The van der Waals surface area contributed by atoms with Crippen LogP contribution in [0.25, 0.3) is 0 Å². The molecule has 4 heteroatoms. The van der Waals surface area contributed by atoms with Crippen molar-refractivity contribution in [2.24, 2.45) is 5.73 Å². The molecule has 58 valence electrons. The Bertz CT molecular complexity index is 140. The van der Waals surface area contributed by atoms with E-state index in [1.807, 2.05) is 3.11 Å². The Morgan fingerprint density at radius 1 is 1.60 bits per heavy atom. The number of carbonyl (C=O) groups is 1. The topological polar surface area (TPSA) is 46.3 Å². The lowest BCUT2D eigenvalue weighted by Crippen LogP contribution is -2.42. The predicted octanol–water partition coefficient (Wildman–Crippen LogP) is 0.676. The van der Waals surface area contributed by atoms with Crippen molar-refractivity contribution < 1.29 is 4.79 Å². The van der Waals surface area contributed by atoms with E-state index in [9.17, 15) is 4.79 Å². The fourth-order valence-corrected chi connectivity index (χ4v) is 2.07. The number of hydrogen-bond donors (Lipinski definition) is 1. The number of nitrogens with two attached hydrogens (primary N) is 1. The SMILES string of the molecule is NC(=O)[C@@H]1CCCCN1I. The number of rotatable bonds is 1. The first-order valence-corrected chi connectivity index (χ1v) is 4.40. The minimum Gasteiger partial charge on any atom is -0.368 e. The molecule has 0 aromatic carbocycles. The molecule has 0 radical (unpaired) electrons. The van der Waals surface area contributed by atoms with E-state index in [0.29, 0.717) is 0 Å². The molecule has 1 aliphatic rings. The second kappa shape index (κ2) is 3.52. The molecular weight excluding hydrogens is 243 g/mol. The predicted molar refractivity (Wildman–Crippen MR) is 47.6 cm³/mol. The number of carbonyl (C=O) groups excluding carboxylic acids is 1. The average Bonchev–Trinajstić information content (AvgIpc) is 1.88. The van der Waals surface area contributed by atoms with Crippen molar-refractivity contribution in [1.82, 2.24) is 3.11 Å². The van der Waals surface area contributed by atoms with Gasteiger partial charge in [0.1, 0.15) is 0 Å². The van der Waals surface area contributed by atoms with Gasteiger partial charge in [0.25, 0.3) is 0 Å². The van der Waals surface area contributed by atoms with Crippen molar-refractivity contribution in [3.05, 3.63) is 0 Å². The van der Waals surface area contributed by atoms with Crippen LogP contribution in [0.3, 0.4) is 0 Å². The molecule has 1 fully saturated rings. The Kier molecular flexibility index (Phi) is 2.91. The first kappa shape index (κ1) is 8.26. The highest BCUT2D eigenvalue weighted by Gasteiger charge is 2.24. The van der Waals surface area contributed by atoms with Gasteiger partial charge < -0.3 is 5.73 Å². The molecule has 1 amide bonds. The quantitative estimate of drug-likeness (QED) is 0.552. The maximum absolute atomic E-state index is 10.7. The molecule has 3 nitrogen and oxygen atoms in total. The Balaban J connectivity index is 2.47. The highest BCUT2D eigenvalue weighted by Crippen LogP contribution is 2.19. The Morgan fingerprint density at radius 2 is 2.30 bits per heavy atom. The summed E-state index contributed by atoms with van der Waals surface area (Å²) in [6, 6.07) is -0.0191. The number of halogens is 1. The molecule has 10 heavy (non-hydrogen) atoms. The van der Waals surface area contributed by atoms with Crippen LogP contribution in [0.15, 0.2) is 0 Å². The molecule has 1 heterocycles. The van der Waals surface area contributed by atoms with Crippen LogP contribution >= 0.6 is 22.9 Å². The third kappa shape index (κ3) is 1.82. The van der Waals surface area contributed by atoms with Gasteiger partial charge in [-0.2, -0.15) is 0 Å². The summed E-state index contributed by atoms with van der Waals surface area (Å²) in [5.41, 5.74) is 5.17. The van der Waals surface area contributed by atoms with Crippen LogP contribution in [-0.4, -0.2) is 21.6 Å². The third-order valence-electron chi connectivity index (χ3n) is 1.77. The van der Waals surface area contributed by atoms with Gasteiger partial charge in [-0.25, -0.2) is 3.11 Å². The highest BCUT2D eigenvalue weighted by atomic mass is 127. The number of piperidine rings is 1. The Hall–Kier alpha value is 0.160. The van der Waals surface area contributed by atoms with Crippen molar-refractivity contribution >= 4 is 28.8 Å². The molecule has 0 aromatic rings. The van der Waals surface area contributed by atoms with Gasteiger partial charge in [0.05, 0.1) is 6.04 Å². The summed E-state index contributed by atoms with van der Waals surface area (Å²) in [5.74, 6) is -0.186. The number of hydrogen-bond acceptors (Lipinski definition) is 2. The average molecular weight is 254 g/mol. The third-order valence-corrected chi connectivity index (χ3v) is 2.92. The first-order valence-electron chi connectivity index (χ1n) is 3.43. The molecule has 2 N–H and O–H groups in total. The maximum atomic E-state index is 10.7. The van der Waals surface area contributed by atoms with Gasteiger partial charge in [-0.15, -0.1) is 0 Å². The minimum absolute atomic E-state index is 0.0191. The molecule has 1 saturated heterocycles. The van der Waals surface area contributed by atoms with E-state index < -0.39 is 0 Å². The van der Waals surface area contributed by atoms with E-state index in [2.05, 4.69) is 22.9 Å². The lowest BCUT2D eigenvalue weighted by Gasteiger charge is -2.27. The van der Waals surface area contributed by atoms with Crippen molar-refractivity contribution in [1.29, 1.82) is 0 Å². The van der Waals surface area contributed by atoms with Gasteiger partial charge in [0, 0.05) is 29.4 Å². The van der Waals surface area contributed by atoms with Gasteiger partial charge >= 0.3 is 0 Å². The van der Waals surface area contributed by atoms with E-state index in [0.717, 1.165) is 19.4 Å². The largest absolute Gasteiger partial charge is 0.368 e. The molecule has 0 spiro atoms. The van der Waals surface area contributed by atoms with E-state index >= 15 is 0 Å². The lowest BCUT2D eigenvalue weighted by molar-refractivity contribution is -0.121. The van der Waals surface area contributed by atoms with Gasteiger partial charge in [0.15, 0.2) is 0 Å². The monoisotopic (exact) mass is 254 g/mol. The van der Waals surface area contributed by atoms with Crippen molar-refractivity contribution in [3.63, 3.8) is 0 Å². The minimum atomic E-state index is -0.186. The van der Waals surface area contributed by atoms with Crippen LogP contribution in [0, 0.1) is 0 Å². The van der Waals surface area contributed by atoms with Gasteiger partial charge in [-0.1, -0.05) is 6.42 Å². The van der Waals surface area contributed by atoms with E-state index in [1.165, 1.54) is 6.42 Å². The van der Waals surface area contributed by atoms with Crippen LogP contribution in [0.2, 0.25) is 0 Å². The molecule has 0 bridgehead atoms. The summed E-state index contributed by atoms with van der Waals surface area (Å²) in [6.07, 6.45) is 3.25. The van der Waals surface area contributed by atoms with Crippen molar-refractivity contribution in [2.75, 3.05) is 6.54 Å². The molecular formula is C6H11IN2O. The van der Waals surface area contributed by atoms with Gasteiger partial charge in [-0.3, -0.25) is 4.79 Å². The zero-order chi connectivity index (χ0) is 7.56. The highest BCUT2D eigenvalue weighted by molar-refractivity contribution is 14.1. The fraction of sp³-hybridized carbons (Fsp3) is 0.833. The lowest BCUT2D eigenvalue weighted by atomic mass is 10.1. The van der Waals surface area contributed by atoms with Crippen molar-refractivity contribution in [2.45, 2.75) is 25.3 Å². The van der Waals surface area contributed by atoms with E-state index in [-0.39, 0.29) is 11.9 Å². The summed E-state index contributed by atoms with van der Waals surface area (Å²) in [5, 5.41) is 0. The molecule has 0 aliphatic carbocycles. The fourth-order valence-electron chi connectivity index (χ4n) is 1.18. The molecule has 1 rings (SSSR count). The zero-order valence-corrected chi connectivity index (χ0v) is 7.87. The van der Waals surface area contributed by atoms with Crippen molar-refractivity contribution in [3.8, 4) is 0 Å². The maximum Gasteiger partial charge on any atom is 0.235 e. The summed E-state index contributed by atoms with van der Waals surface area (Å²) in [6.45, 7) is 0.994. The Morgan fingerprint density at radius 3 is 2.70 bits per heavy atom. The smallest absolute Gasteiger partial charge is 0.235 e. The van der Waals surface area contributed by atoms with Crippen LogP contribution in [0.5, 0.6) is 0 Å². The number of nitrogens with zero attached hydrogens (tertiary/aromatic N) is 1. The second-order valence-electron chi connectivity index (χ2n) is 2.54. The molecule has 1 aliphatic heterocycles. The first-order chi connectivity index (χ1) is 4.72. The molecule has 1 atom stereocenters. The standard InChI is InChI=1S/C6H11IN2O/c7-9-4-2-1-3-5(9)6(8)10/h5H,1-4H2,(H2,8,10)/t5-/m0/s1. The second-order valence-corrected chi connectivity index (χ2v) is 3.78. The normalized spacial score (nSPS) is 28.3. The molecule has 0 saturated carbocycles. The number of amides is 1.